The van der Waals surface area contributed by atoms with E-state index >= 15 is 0 Å². The van der Waals surface area contributed by atoms with Crippen LogP contribution in [0.2, 0.25) is 5.02 Å². The normalized spacial score (nSPS) is 11.9. The number of amides is 3. The molecule has 0 saturated heterocycles. The van der Waals surface area contributed by atoms with Crippen LogP contribution in [0.15, 0.2) is 48.7 Å². The molecule has 4 N–H and O–H groups in total. The molecule has 1 atom stereocenters. The number of urea groups is 1. The number of fused-ring (bicyclic) bond motifs is 1. The number of primary amides is 1. The number of carbonyl (C=O) groups is 2. The lowest BCUT2D eigenvalue weighted by atomic mass is 10.0. The predicted molar refractivity (Wildman–Crippen MR) is 101 cm³/mol. The van der Waals surface area contributed by atoms with Crippen LogP contribution >= 0.6 is 11.6 Å². The standard InChI is InChI=1S/C18H19ClN6O2/c19-13-6-2-1-5-12(13)14(22-18(20)27)11-17(26)21-9-8-16-24-23-15-7-3-4-10-25(15)16/h1-7,10,14H,8-9,11H2,(H,21,26)(H3,20,22,27)/t14-/m1/s1. The Kier molecular flexibility index (Phi) is 5.87. The maximum absolute atomic E-state index is 12.3. The summed E-state index contributed by atoms with van der Waals surface area (Å²) in [6, 6.07) is 11.3. The van der Waals surface area contributed by atoms with Crippen molar-refractivity contribution in [1.82, 2.24) is 25.2 Å². The Morgan fingerprint density at radius 1 is 1.15 bits per heavy atom. The number of hydrogen-bond donors (Lipinski definition) is 3. The summed E-state index contributed by atoms with van der Waals surface area (Å²) in [7, 11) is 0. The van der Waals surface area contributed by atoms with Gasteiger partial charge in [-0.05, 0) is 23.8 Å². The number of halogens is 1. The largest absolute Gasteiger partial charge is 0.356 e. The van der Waals surface area contributed by atoms with Gasteiger partial charge in [-0.3, -0.25) is 9.20 Å². The Hall–Kier alpha value is -3.13. The molecule has 8 nitrogen and oxygen atoms in total. The van der Waals surface area contributed by atoms with Crippen molar-refractivity contribution in [3.8, 4) is 0 Å². The number of nitrogens with zero attached hydrogens (tertiary/aromatic N) is 3. The van der Waals surface area contributed by atoms with E-state index in [0.717, 1.165) is 11.5 Å². The van der Waals surface area contributed by atoms with Crippen molar-refractivity contribution < 1.29 is 9.59 Å². The Morgan fingerprint density at radius 2 is 1.93 bits per heavy atom. The van der Waals surface area contributed by atoms with Crippen LogP contribution in [-0.4, -0.2) is 33.1 Å². The molecule has 0 unspecified atom stereocenters. The summed E-state index contributed by atoms with van der Waals surface area (Å²) in [4.78, 5) is 23.6. The van der Waals surface area contributed by atoms with Gasteiger partial charge in [0.25, 0.3) is 0 Å². The van der Waals surface area contributed by atoms with Crippen molar-refractivity contribution in [1.29, 1.82) is 0 Å². The highest BCUT2D eigenvalue weighted by Gasteiger charge is 2.19. The highest BCUT2D eigenvalue weighted by Crippen LogP contribution is 2.24. The van der Waals surface area contributed by atoms with Crippen molar-refractivity contribution in [2.45, 2.75) is 18.9 Å². The molecule has 3 rings (SSSR count). The molecular formula is C18H19ClN6O2. The minimum atomic E-state index is -0.720. The van der Waals surface area contributed by atoms with Crippen LogP contribution in [0.25, 0.3) is 5.65 Å². The number of pyridine rings is 1. The minimum Gasteiger partial charge on any atom is -0.356 e. The lowest BCUT2D eigenvalue weighted by Gasteiger charge is -2.18. The number of hydrogen-bond acceptors (Lipinski definition) is 4. The smallest absolute Gasteiger partial charge is 0.312 e. The topological polar surface area (TPSA) is 114 Å². The summed E-state index contributed by atoms with van der Waals surface area (Å²) in [6.07, 6.45) is 2.42. The summed E-state index contributed by atoms with van der Waals surface area (Å²) >= 11 is 6.17. The molecule has 27 heavy (non-hydrogen) atoms. The zero-order valence-electron chi connectivity index (χ0n) is 14.4. The summed E-state index contributed by atoms with van der Waals surface area (Å²) in [5.41, 5.74) is 6.62. The van der Waals surface area contributed by atoms with Crippen LogP contribution in [0.5, 0.6) is 0 Å². The van der Waals surface area contributed by atoms with E-state index in [4.69, 9.17) is 17.3 Å². The quantitative estimate of drug-likeness (QED) is 0.574. The molecule has 2 aromatic heterocycles. The second-order valence-electron chi connectivity index (χ2n) is 5.93. The van der Waals surface area contributed by atoms with Gasteiger partial charge in [-0.2, -0.15) is 0 Å². The highest BCUT2D eigenvalue weighted by molar-refractivity contribution is 6.31. The van der Waals surface area contributed by atoms with Gasteiger partial charge < -0.3 is 16.4 Å². The van der Waals surface area contributed by atoms with E-state index in [2.05, 4.69) is 20.8 Å². The first kappa shape index (κ1) is 18.7. The van der Waals surface area contributed by atoms with E-state index in [1.807, 2.05) is 28.8 Å². The summed E-state index contributed by atoms with van der Waals surface area (Å²) in [5.74, 6) is 0.520. The van der Waals surface area contributed by atoms with Gasteiger partial charge in [-0.15, -0.1) is 10.2 Å². The second-order valence-corrected chi connectivity index (χ2v) is 6.34. The zero-order valence-corrected chi connectivity index (χ0v) is 15.2. The van der Waals surface area contributed by atoms with Gasteiger partial charge in [-0.1, -0.05) is 35.9 Å². The first-order valence-corrected chi connectivity index (χ1v) is 8.78. The van der Waals surface area contributed by atoms with Gasteiger partial charge in [0.2, 0.25) is 5.91 Å². The van der Waals surface area contributed by atoms with Crippen molar-refractivity contribution in [3.63, 3.8) is 0 Å². The summed E-state index contributed by atoms with van der Waals surface area (Å²) < 4.78 is 1.87. The molecule has 2 heterocycles. The predicted octanol–water partition coefficient (Wildman–Crippen LogP) is 1.84. The highest BCUT2D eigenvalue weighted by atomic mass is 35.5. The molecule has 0 aliphatic carbocycles. The molecule has 0 aliphatic rings. The maximum atomic E-state index is 12.3. The van der Waals surface area contributed by atoms with E-state index in [9.17, 15) is 9.59 Å². The number of benzene rings is 1. The van der Waals surface area contributed by atoms with Crippen molar-refractivity contribution in [2.24, 2.45) is 5.73 Å². The third-order valence-corrected chi connectivity index (χ3v) is 4.39. The first-order valence-electron chi connectivity index (χ1n) is 8.40. The van der Waals surface area contributed by atoms with E-state index in [1.165, 1.54) is 0 Å². The molecule has 3 aromatic rings. The molecule has 3 amide bonds. The fraction of sp³-hybridized carbons (Fsp3) is 0.222. The van der Waals surface area contributed by atoms with Crippen molar-refractivity contribution in [2.75, 3.05) is 6.54 Å². The lowest BCUT2D eigenvalue weighted by molar-refractivity contribution is -0.121. The van der Waals surface area contributed by atoms with Crippen LogP contribution in [0.1, 0.15) is 23.9 Å². The molecule has 0 radical (unpaired) electrons. The molecule has 9 heteroatoms. The molecule has 0 spiro atoms. The molecule has 0 bridgehead atoms. The van der Waals surface area contributed by atoms with Gasteiger partial charge in [-0.25, -0.2) is 4.79 Å². The second kappa shape index (κ2) is 8.50. The van der Waals surface area contributed by atoms with Crippen molar-refractivity contribution >= 4 is 29.2 Å². The molecular weight excluding hydrogens is 368 g/mol. The van der Waals surface area contributed by atoms with E-state index in [0.29, 0.717) is 23.6 Å². The Morgan fingerprint density at radius 3 is 2.70 bits per heavy atom. The molecule has 0 fully saturated rings. The van der Waals surface area contributed by atoms with E-state index in [-0.39, 0.29) is 12.3 Å². The Labute approximate surface area is 160 Å². The van der Waals surface area contributed by atoms with Gasteiger partial charge >= 0.3 is 6.03 Å². The molecule has 0 aliphatic heterocycles. The van der Waals surface area contributed by atoms with Gasteiger partial charge in [0.05, 0.1) is 12.5 Å². The number of nitrogens with one attached hydrogen (secondary N) is 2. The third kappa shape index (κ3) is 4.73. The zero-order chi connectivity index (χ0) is 19.2. The number of aromatic nitrogens is 3. The maximum Gasteiger partial charge on any atom is 0.312 e. The average molecular weight is 387 g/mol. The van der Waals surface area contributed by atoms with Gasteiger partial charge in [0.1, 0.15) is 5.82 Å². The monoisotopic (exact) mass is 386 g/mol. The van der Waals surface area contributed by atoms with Crippen LogP contribution in [0.4, 0.5) is 4.79 Å². The number of nitrogens with two attached hydrogens (primary N) is 1. The van der Waals surface area contributed by atoms with Gasteiger partial charge in [0.15, 0.2) is 5.65 Å². The van der Waals surface area contributed by atoms with Crippen LogP contribution in [0, 0.1) is 0 Å². The fourth-order valence-corrected chi connectivity index (χ4v) is 3.07. The molecule has 0 saturated carbocycles. The Bertz CT molecular complexity index is 958. The van der Waals surface area contributed by atoms with Crippen LogP contribution in [0.3, 0.4) is 0 Å². The molecule has 1 aromatic carbocycles. The van der Waals surface area contributed by atoms with Crippen molar-refractivity contribution in [3.05, 3.63) is 65.1 Å². The average Bonchev–Trinajstić information content (AvgIpc) is 3.04. The third-order valence-electron chi connectivity index (χ3n) is 4.04. The number of rotatable bonds is 7. The number of carbonyl (C=O) groups excluding carboxylic acids is 2. The minimum absolute atomic E-state index is 0.0211. The summed E-state index contributed by atoms with van der Waals surface area (Å²) in [5, 5.41) is 14.0. The van der Waals surface area contributed by atoms with E-state index in [1.54, 1.807) is 24.3 Å². The van der Waals surface area contributed by atoms with Crippen LogP contribution < -0.4 is 16.4 Å². The lowest BCUT2D eigenvalue weighted by Crippen LogP contribution is -2.37. The fourth-order valence-electron chi connectivity index (χ4n) is 2.80. The first-order chi connectivity index (χ1) is 13.0. The van der Waals surface area contributed by atoms with Crippen LogP contribution in [-0.2, 0) is 11.2 Å². The Balaban J connectivity index is 1.59. The summed E-state index contributed by atoms with van der Waals surface area (Å²) in [6.45, 7) is 0.389. The molecule has 140 valence electrons. The van der Waals surface area contributed by atoms with E-state index < -0.39 is 12.1 Å². The van der Waals surface area contributed by atoms with Gasteiger partial charge in [0, 0.05) is 24.2 Å². The SMILES string of the molecule is NC(=O)N[C@H](CC(=O)NCCc1nnc2ccccn12)c1ccccc1Cl.